The van der Waals surface area contributed by atoms with Crippen LogP contribution in [0.4, 0.5) is 0 Å². The van der Waals surface area contributed by atoms with Gasteiger partial charge in [-0.1, -0.05) is 12.1 Å². The standard InChI is InChI=1S/C19H19N3O/c1-12-4-5-16(10-13(12)2)18-11-14(3)21-22(18)17-8-6-15(7-9-17)19(20)23/h4-11H,1-3H3,(H2,20,23). The van der Waals surface area contributed by atoms with Crippen LogP contribution in [0.25, 0.3) is 16.9 Å². The maximum Gasteiger partial charge on any atom is 0.248 e. The van der Waals surface area contributed by atoms with Crippen LogP contribution >= 0.6 is 0 Å². The first-order chi connectivity index (χ1) is 11.0. The summed E-state index contributed by atoms with van der Waals surface area (Å²) >= 11 is 0. The molecule has 0 aliphatic carbocycles. The molecule has 0 bridgehead atoms. The lowest BCUT2D eigenvalue weighted by atomic mass is 10.0. The number of primary amides is 1. The largest absolute Gasteiger partial charge is 0.366 e. The first-order valence-corrected chi connectivity index (χ1v) is 7.50. The maximum atomic E-state index is 11.2. The average molecular weight is 305 g/mol. The molecule has 0 saturated carbocycles. The zero-order chi connectivity index (χ0) is 16.6. The molecule has 23 heavy (non-hydrogen) atoms. The Bertz CT molecular complexity index is 876. The van der Waals surface area contributed by atoms with E-state index in [0.717, 1.165) is 22.6 Å². The molecule has 116 valence electrons. The van der Waals surface area contributed by atoms with E-state index in [1.807, 2.05) is 23.7 Å². The third kappa shape index (κ3) is 2.88. The Labute approximate surface area is 135 Å². The molecule has 0 unspecified atom stereocenters. The van der Waals surface area contributed by atoms with Crippen molar-refractivity contribution in [3.8, 4) is 16.9 Å². The topological polar surface area (TPSA) is 60.9 Å². The van der Waals surface area contributed by atoms with Gasteiger partial charge in [-0.25, -0.2) is 4.68 Å². The predicted molar refractivity (Wildman–Crippen MR) is 91.7 cm³/mol. The van der Waals surface area contributed by atoms with Crippen molar-refractivity contribution in [3.05, 3.63) is 70.9 Å². The van der Waals surface area contributed by atoms with Gasteiger partial charge in [-0.05, 0) is 68.3 Å². The van der Waals surface area contributed by atoms with Crippen molar-refractivity contribution >= 4 is 5.91 Å². The third-order valence-electron chi connectivity index (χ3n) is 4.03. The lowest BCUT2D eigenvalue weighted by Gasteiger charge is -2.10. The van der Waals surface area contributed by atoms with Gasteiger partial charge in [0.15, 0.2) is 0 Å². The number of hydrogen-bond donors (Lipinski definition) is 1. The first kappa shape index (κ1) is 15.0. The van der Waals surface area contributed by atoms with Gasteiger partial charge < -0.3 is 5.73 Å². The summed E-state index contributed by atoms with van der Waals surface area (Å²) in [4.78, 5) is 11.2. The molecule has 1 aromatic heterocycles. The van der Waals surface area contributed by atoms with E-state index in [9.17, 15) is 4.79 Å². The molecule has 1 amide bonds. The zero-order valence-electron chi connectivity index (χ0n) is 13.5. The Kier molecular flexibility index (Phi) is 3.74. The Balaban J connectivity index is 2.10. The fourth-order valence-corrected chi connectivity index (χ4v) is 2.57. The van der Waals surface area contributed by atoms with E-state index in [-0.39, 0.29) is 0 Å². The Hall–Kier alpha value is -2.88. The fourth-order valence-electron chi connectivity index (χ4n) is 2.57. The molecule has 0 spiro atoms. The molecule has 2 N–H and O–H groups in total. The van der Waals surface area contributed by atoms with E-state index in [2.05, 4.69) is 43.2 Å². The molecule has 0 atom stereocenters. The zero-order valence-corrected chi connectivity index (χ0v) is 13.5. The third-order valence-corrected chi connectivity index (χ3v) is 4.03. The van der Waals surface area contributed by atoms with Crippen molar-refractivity contribution in [2.24, 2.45) is 5.73 Å². The van der Waals surface area contributed by atoms with Crippen LogP contribution in [-0.4, -0.2) is 15.7 Å². The van der Waals surface area contributed by atoms with E-state index in [1.165, 1.54) is 11.1 Å². The molecule has 0 aliphatic heterocycles. The Morgan fingerprint density at radius 2 is 1.65 bits per heavy atom. The molecule has 3 rings (SSSR count). The minimum atomic E-state index is -0.428. The number of rotatable bonds is 3. The monoisotopic (exact) mass is 305 g/mol. The van der Waals surface area contributed by atoms with Crippen LogP contribution in [0.15, 0.2) is 48.5 Å². The molecular formula is C19H19N3O. The highest BCUT2D eigenvalue weighted by Crippen LogP contribution is 2.26. The molecule has 2 aromatic carbocycles. The Morgan fingerprint density at radius 1 is 0.957 bits per heavy atom. The van der Waals surface area contributed by atoms with Crippen molar-refractivity contribution in [3.63, 3.8) is 0 Å². The smallest absolute Gasteiger partial charge is 0.248 e. The highest BCUT2D eigenvalue weighted by Gasteiger charge is 2.11. The summed E-state index contributed by atoms with van der Waals surface area (Å²) in [6.45, 7) is 6.18. The summed E-state index contributed by atoms with van der Waals surface area (Å²) in [7, 11) is 0. The van der Waals surface area contributed by atoms with Gasteiger partial charge >= 0.3 is 0 Å². The van der Waals surface area contributed by atoms with Gasteiger partial charge in [-0.15, -0.1) is 0 Å². The number of nitrogens with two attached hydrogens (primary N) is 1. The van der Waals surface area contributed by atoms with Crippen LogP contribution < -0.4 is 5.73 Å². The van der Waals surface area contributed by atoms with Crippen molar-refractivity contribution in [1.29, 1.82) is 0 Å². The van der Waals surface area contributed by atoms with Crippen LogP contribution in [0, 0.1) is 20.8 Å². The van der Waals surface area contributed by atoms with Crippen LogP contribution in [0.3, 0.4) is 0 Å². The number of aromatic nitrogens is 2. The van der Waals surface area contributed by atoms with Crippen LogP contribution in [0.2, 0.25) is 0 Å². The number of carbonyl (C=O) groups excluding carboxylic acids is 1. The average Bonchev–Trinajstić information content (AvgIpc) is 2.92. The van der Waals surface area contributed by atoms with Crippen molar-refractivity contribution in [1.82, 2.24) is 9.78 Å². The number of nitrogens with zero attached hydrogens (tertiary/aromatic N) is 2. The van der Waals surface area contributed by atoms with Crippen LogP contribution in [-0.2, 0) is 0 Å². The molecule has 0 saturated heterocycles. The number of hydrogen-bond acceptors (Lipinski definition) is 2. The number of amides is 1. The molecule has 0 aliphatic rings. The summed E-state index contributed by atoms with van der Waals surface area (Å²) in [5.74, 6) is -0.428. The quantitative estimate of drug-likeness (QED) is 0.804. The molecule has 0 radical (unpaired) electrons. The van der Waals surface area contributed by atoms with Crippen molar-refractivity contribution in [2.75, 3.05) is 0 Å². The van der Waals surface area contributed by atoms with E-state index in [4.69, 9.17) is 5.73 Å². The van der Waals surface area contributed by atoms with Gasteiger partial charge in [-0.3, -0.25) is 4.79 Å². The highest BCUT2D eigenvalue weighted by atomic mass is 16.1. The number of carbonyl (C=O) groups is 1. The van der Waals surface area contributed by atoms with Gasteiger partial charge in [0, 0.05) is 11.1 Å². The molecule has 0 fully saturated rings. The van der Waals surface area contributed by atoms with E-state index in [0.29, 0.717) is 5.56 Å². The fraction of sp³-hybridized carbons (Fsp3) is 0.158. The predicted octanol–water partition coefficient (Wildman–Crippen LogP) is 3.56. The summed E-state index contributed by atoms with van der Waals surface area (Å²) in [5, 5.41) is 4.58. The minimum Gasteiger partial charge on any atom is -0.366 e. The lowest BCUT2D eigenvalue weighted by molar-refractivity contribution is 0.100. The van der Waals surface area contributed by atoms with Crippen molar-refractivity contribution in [2.45, 2.75) is 20.8 Å². The van der Waals surface area contributed by atoms with Crippen molar-refractivity contribution < 1.29 is 4.79 Å². The van der Waals surface area contributed by atoms with Gasteiger partial charge in [0.25, 0.3) is 0 Å². The molecule has 4 nitrogen and oxygen atoms in total. The second kappa shape index (κ2) is 5.72. The molecule has 1 heterocycles. The van der Waals surface area contributed by atoms with Gasteiger partial charge in [0.2, 0.25) is 5.91 Å². The molecular weight excluding hydrogens is 286 g/mol. The van der Waals surface area contributed by atoms with Gasteiger partial charge in [0.1, 0.15) is 0 Å². The van der Waals surface area contributed by atoms with Gasteiger partial charge in [0.05, 0.1) is 17.1 Å². The molecule has 4 heteroatoms. The second-order valence-corrected chi connectivity index (χ2v) is 5.79. The number of aryl methyl sites for hydroxylation is 3. The highest BCUT2D eigenvalue weighted by molar-refractivity contribution is 5.92. The lowest BCUT2D eigenvalue weighted by Crippen LogP contribution is -2.10. The normalized spacial score (nSPS) is 10.7. The SMILES string of the molecule is Cc1cc(-c2ccc(C)c(C)c2)n(-c2ccc(C(N)=O)cc2)n1. The summed E-state index contributed by atoms with van der Waals surface area (Å²) in [6.07, 6.45) is 0. The summed E-state index contributed by atoms with van der Waals surface area (Å²) in [5.41, 5.74) is 12.3. The second-order valence-electron chi connectivity index (χ2n) is 5.79. The number of benzene rings is 2. The van der Waals surface area contributed by atoms with Crippen LogP contribution in [0.1, 0.15) is 27.2 Å². The molecule has 3 aromatic rings. The van der Waals surface area contributed by atoms with E-state index in [1.54, 1.807) is 12.1 Å². The first-order valence-electron chi connectivity index (χ1n) is 7.50. The summed E-state index contributed by atoms with van der Waals surface area (Å²) < 4.78 is 1.89. The maximum absolute atomic E-state index is 11.2. The Morgan fingerprint density at radius 3 is 2.26 bits per heavy atom. The van der Waals surface area contributed by atoms with E-state index < -0.39 is 5.91 Å². The minimum absolute atomic E-state index is 0.428. The van der Waals surface area contributed by atoms with Gasteiger partial charge in [-0.2, -0.15) is 5.10 Å². The van der Waals surface area contributed by atoms with Crippen LogP contribution in [0.5, 0.6) is 0 Å². The summed E-state index contributed by atoms with van der Waals surface area (Å²) in [6, 6.07) is 15.6. The van der Waals surface area contributed by atoms with E-state index >= 15 is 0 Å².